The number of thiophene rings is 1. The van der Waals surface area contributed by atoms with Gasteiger partial charge in [-0.1, -0.05) is 12.1 Å². The second-order valence-electron chi connectivity index (χ2n) is 5.39. The highest BCUT2D eigenvalue weighted by molar-refractivity contribution is 7.98. The Labute approximate surface area is 134 Å². The number of hydrogen-bond acceptors (Lipinski definition) is 4. The molecule has 0 saturated heterocycles. The maximum atomic E-state index is 12.7. The molecule has 1 amide bonds. The van der Waals surface area contributed by atoms with Crippen LogP contribution >= 0.6 is 23.1 Å². The standard InChI is InChI=1S/C16H22N2OS2/c1-10-5-6-12-13(9-10)21-15(14(12)17)16(19)18(3)11(2)7-8-20-4/h5-6,9,11H,7-8,17H2,1-4H3. The predicted molar refractivity (Wildman–Crippen MR) is 95.5 cm³/mol. The lowest BCUT2D eigenvalue weighted by molar-refractivity contribution is 0.0747. The van der Waals surface area contributed by atoms with Crippen LogP contribution < -0.4 is 5.73 Å². The number of carbonyl (C=O) groups excluding carboxylic acids is 1. The molecular formula is C16H22N2OS2. The maximum absolute atomic E-state index is 12.7. The first-order valence-electron chi connectivity index (χ1n) is 7.00. The molecule has 0 radical (unpaired) electrons. The number of benzene rings is 1. The van der Waals surface area contributed by atoms with Crippen molar-refractivity contribution < 1.29 is 4.79 Å². The number of hydrogen-bond donors (Lipinski definition) is 1. The summed E-state index contributed by atoms with van der Waals surface area (Å²) in [7, 11) is 1.86. The first-order valence-corrected chi connectivity index (χ1v) is 9.21. The van der Waals surface area contributed by atoms with Crippen molar-refractivity contribution in [2.45, 2.75) is 26.3 Å². The number of carbonyl (C=O) groups is 1. The summed E-state index contributed by atoms with van der Waals surface area (Å²) in [5, 5.41) is 0.985. The molecule has 0 aliphatic heterocycles. The van der Waals surface area contributed by atoms with Gasteiger partial charge in [0.1, 0.15) is 4.88 Å². The predicted octanol–water partition coefficient (Wildman–Crippen LogP) is 4.01. The molecule has 0 spiro atoms. The van der Waals surface area contributed by atoms with Gasteiger partial charge >= 0.3 is 0 Å². The van der Waals surface area contributed by atoms with E-state index in [1.165, 1.54) is 16.9 Å². The zero-order valence-corrected chi connectivity index (χ0v) is 14.6. The highest BCUT2D eigenvalue weighted by atomic mass is 32.2. The topological polar surface area (TPSA) is 46.3 Å². The number of fused-ring (bicyclic) bond motifs is 1. The normalized spacial score (nSPS) is 12.6. The van der Waals surface area contributed by atoms with E-state index >= 15 is 0 Å². The van der Waals surface area contributed by atoms with E-state index in [4.69, 9.17) is 5.73 Å². The van der Waals surface area contributed by atoms with E-state index in [9.17, 15) is 4.79 Å². The van der Waals surface area contributed by atoms with E-state index in [0.29, 0.717) is 10.6 Å². The Kier molecular flexibility index (Phi) is 5.17. The zero-order chi connectivity index (χ0) is 15.6. The van der Waals surface area contributed by atoms with Crippen LogP contribution in [0.3, 0.4) is 0 Å². The highest BCUT2D eigenvalue weighted by Crippen LogP contribution is 2.35. The van der Waals surface area contributed by atoms with Crippen molar-refractivity contribution in [3.8, 4) is 0 Å². The molecule has 21 heavy (non-hydrogen) atoms. The van der Waals surface area contributed by atoms with Crippen LogP contribution in [0.15, 0.2) is 18.2 Å². The largest absolute Gasteiger partial charge is 0.397 e. The van der Waals surface area contributed by atoms with Crippen LogP contribution in [0.1, 0.15) is 28.6 Å². The van der Waals surface area contributed by atoms with Crippen molar-refractivity contribution in [3.63, 3.8) is 0 Å². The van der Waals surface area contributed by atoms with E-state index in [1.54, 1.807) is 11.8 Å². The number of amides is 1. The molecule has 114 valence electrons. The average molecular weight is 322 g/mol. The fourth-order valence-corrected chi connectivity index (χ4v) is 4.01. The summed E-state index contributed by atoms with van der Waals surface area (Å²) in [6, 6.07) is 6.34. The van der Waals surface area contributed by atoms with E-state index < -0.39 is 0 Å². The molecule has 2 rings (SSSR count). The van der Waals surface area contributed by atoms with Gasteiger partial charge in [0.2, 0.25) is 0 Å². The lowest BCUT2D eigenvalue weighted by atomic mass is 10.1. The van der Waals surface area contributed by atoms with Gasteiger partial charge in [-0.25, -0.2) is 0 Å². The number of nitrogen functional groups attached to an aromatic ring is 1. The lowest BCUT2D eigenvalue weighted by Crippen LogP contribution is -2.35. The average Bonchev–Trinajstić information content (AvgIpc) is 2.79. The molecule has 1 atom stereocenters. The molecule has 1 aromatic heterocycles. The molecule has 1 heterocycles. The maximum Gasteiger partial charge on any atom is 0.266 e. The molecule has 0 aliphatic rings. The van der Waals surface area contributed by atoms with Crippen molar-refractivity contribution in [1.82, 2.24) is 4.90 Å². The molecule has 2 aromatic rings. The van der Waals surface area contributed by atoms with E-state index in [1.807, 2.05) is 31.0 Å². The number of thioether (sulfide) groups is 1. The molecular weight excluding hydrogens is 300 g/mol. The lowest BCUT2D eigenvalue weighted by Gasteiger charge is -2.24. The number of nitrogens with zero attached hydrogens (tertiary/aromatic N) is 1. The SMILES string of the molecule is CSCCC(C)N(C)C(=O)c1sc2cc(C)ccc2c1N. The van der Waals surface area contributed by atoms with Crippen LogP contribution in [0.4, 0.5) is 5.69 Å². The van der Waals surface area contributed by atoms with Gasteiger partial charge < -0.3 is 10.6 Å². The third kappa shape index (κ3) is 3.35. The molecule has 1 unspecified atom stereocenters. The van der Waals surface area contributed by atoms with Crippen LogP contribution in [0.5, 0.6) is 0 Å². The number of nitrogens with two attached hydrogens (primary N) is 1. The van der Waals surface area contributed by atoms with Crippen molar-refractivity contribution in [1.29, 1.82) is 0 Å². The number of rotatable bonds is 5. The minimum atomic E-state index is 0.0277. The molecule has 0 bridgehead atoms. The summed E-state index contributed by atoms with van der Waals surface area (Å²) in [4.78, 5) is 15.1. The summed E-state index contributed by atoms with van der Waals surface area (Å²) in [5.74, 6) is 1.08. The Morgan fingerprint density at radius 2 is 2.19 bits per heavy atom. The van der Waals surface area contributed by atoms with Gasteiger partial charge in [-0.3, -0.25) is 4.79 Å². The van der Waals surface area contributed by atoms with E-state index in [2.05, 4.69) is 19.2 Å². The van der Waals surface area contributed by atoms with Gasteiger partial charge in [0.15, 0.2) is 0 Å². The van der Waals surface area contributed by atoms with E-state index in [0.717, 1.165) is 22.3 Å². The zero-order valence-electron chi connectivity index (χ0n) is 13.0. The molecule has 0 fully saturated rings. The number of aryl methyl sites for hydroxylation is 1. The third-order valence-corrected chi connectivity index (χ3v) is 5.60. The van der Waals surface area contributed by atoms with Gasteiger partial charge in [-0.15, -0.1) is 11.3 Å². The van der Waals surface area contributed by atoms with Crippen LogP contribution in [0, 0.1) is 6.92 Å². The minimum absolute atomic E-state index is 0.0277. The van der Waals surface area contributed by atoms with Crippen LogP contribution in [0.2, 0.25) is 0 Å². The summed E-state index contributed by atoms with van der Waals surface area (Å²) in [5.41, 5.74) is 7.99. The van der Waals surface area contributed by atoms with Gasteiger partial charge in [0.25, 0.3) is 5.91 Å². The fraction of sp³-hybridized carbons (Fsp3) is 0.438. The summed E-state index contributed by atoms with van der Waals surface area (Å²) in [6.07, 6.45) is 3.08. The Balaban J connectivity index is 2.28. The smallest absolute Gasteiger partial charge is 0.266 e. The summed E-state index contributed by atoms with van der Waals surface area (Å²) >= 11 is 3.30. The molecule has 0 saturated carbocycles. The third-order valence-electron chi connectivity index (χ3n) is 3.80. The van der Waals surface area contributed by atoms with Crippen molar-refractivity contribution in [2.75, 3.05) is 24.8 Å². The Morgan fingerprint density at radius 1 is 1.48 bits per heavy atom. The first kappa shape index (κ1) is 16.2. The van der Waals surface area contributed by atoms with Crippen molar-refractivity contribution in [3.05, 3.63) is 28.6 Å². The quantitative estimate of drug-likeness (QED) is 0.905. The summed E-state index contributed by atoms with van der Waals surface area (Å²) < 4.78 is 1.08. The fourth-order valence-electron chi connectivity index (χ4n) is 2.23. The molecule has 0 aliphatic carbocycles. The first-order chi connectivity index (χ1) is 9.95. The second kappa shape index (κ2) is 6.71. The van der Waals surface area contributed by atoms with Crippen molar-refractivity contribution in [2.24, 2.45) is 0 Å². The van der Waals surface area contributed by atoms with E-state index in [-0.39, 0.29) is 11.9 Å². The van der Waals surface area contributed by atoms with Gasteiger partial charge in [-0.05, 0) is 43.9 Å². The second-order valence-corrected chi connectivity index (χ2v) is 7.43. The van der Waals surface area contributed by atoms with Gasteiger partial charge in [0.05, 0.1) is 5.69 Å². The van der Waals surface area contributed by atoms with Gasteiger partial charge in [-0.2, -0.15) is 11.8 Å². The molecule has 5 heteroatoms. The van der Waals surface area contributed by atoms with Crippen LogP contribution in [-0.2, 0) is 0 Å². The van der Waals surface area contributed by atoms with Crippen LogP contribution in [0.25, 0.3) is 10.1 Å². The Bertz CT molecular complexity index is 651. The minimum Gasteiger partial charge on any atom is -0.397 e. The number of anilines is 1. The molecule has 2 N–H and O–H groups in total. The van der Waals surface area contributed by atoms with Crippen LogP contribution in [-0.4, -0.2) is 35.9 Å². The Morgan fingerprint density at radius 3 is 2.86 bits per heavy atom. The monoisotopic (exact) mass is 322 g/mol. The van der Waals surface area contributed by atoms with Crippen molar-refractivity contribution >= 4 is 44.8 Å². The summed E-state index contributed by atoms with van der Waals surface area (Å²) in [6.45, 7) is 4.13. The molecule has 1 aromatic carbocycles. The Hall–Kier alpha value is -1.20. The highest BCUT2D eigenvalue weighted by Gasteiger charge is 2.22. The van der Waals surface area contributed by atoms with Gasteiger partial charge in [0, 0.05) is 23.2 Å². The molecule has 3 nitrogen and oxygen atoms in total.